The van der Waals surface area contributed by atoms with Gasteiger partial charge in [0.05, 0.1) is 21.9 Å². The zero-order chi connectivity index (χ0) is 37.0. The van der Waals surface area contributed by atoms with E-state index in [1.165, 1.54) is 65.7 Å². The molecule has 1 atom stereocenters. The maximum atomic E-state index is 5.53. The van der Waals surface area contributed by atoms with Crippen molar-refractivity contribution in [1.82, 2.24) is 14.1 Å². The fourth-order valence-corrected chi connectivity index (χ4v) is 8.76. The molecule has 0 bridgehead atoms. The molecule has 3 nitrogen and oxygen atoms in total. The van der Waals surface area contributed by atoms with Crippen LogP contribution in [-0.4, -0.2) is 14.1 Å². The SMILES string of the molecule is C1=c2c(n(-c3cccc(-n4c5ccc(-c6ccccc6)cc5c5cc(-c6ccccc6)ccc54)n3)c3ccc(-c4ccccc4)cc23)=CCC1c1ccccc1. The first kappa shape index (κ1) is 32.2. The van der Waals surface area contributed by atoms with E-state index in [0.29, 0.717) is 5.92 Å². The molecule has 3 aromatic heterocycles. The Balaban J connectivity index is 1.13. The molecule has 0 radical (unpaired) electrons. The van der Waals surface area contributed by atoms with Crippen molar-refractivity contribution in [1.29, 1.82) is 0 Å². The van der Waals surface area contributed by atoms with Crippen LogP contribution < -0.4 is 10.6 Å². The molecular weight excluding hydrogens is 679 g/mol. The summed E-state index contributed by atoms with van der Waals surface area (Å²) < 4.78 is 4.71. The van der Waals surface area contributed by atoms with E-state index in [1.54, 1.807) is 0 Å². The monoisotopic (exact) mass is 715 g/mol. The highest BCUT2D eigenvalue weighted by Crippen LogP contribution is 2.37. The van der Waals surface area contributed by atoms with Crippen molar-refractivity contribution >= 4 is 44.9 Å². The first-order valence-electron chi connectivity index (χ1n) is 19.4. The molecule has 264 valence electrons. The second-order valence-electron chi connectivity index (χ2n) is 14.7. The minimum atomic E-state index is 0.307. The van der Waals surface area contributed by atoms with Crippen LogP contribution in [0.1, 0.15) is 17.9 Å². The molecule has 0 N–H and O–H groups in total. The lowest BCUT2D eigenvalue weighted by Crippen LogP contribution is -2.32. The van der Waals surface area contributed by atoms with E-state index in [2.05, 4.69) is 215 Å². The molecule has 10 aromatic rings. The third kappa shape index (κ3) is 5.39. The zero-order valence-electron chi connectivity index (χ0n) is 30.8. The summed E-state index contributed by atoms with van der Waals surface area (Å²) in [5, 5.41) is 6.12. The molecule has 11 rings (SSSR count). The topological polar surface area (TPSA) is 22.8 Å². The lowest BCUT2D eigenvalue weighted by atomic mass is 9.91. The molecule has 0 fully saturated rings. The van der Waals surface area contributed by atoms with Crippen LogP contribution in [0, 0.1) is 0 Å². The highest BCUT2D eigenvalue weighted by atomic mass is 15.1. The minimum absolute atomic E-state index is 0.307. The molecule has 0 aliphatic heterocycles. The van der Waals surface area contributed by atoms with E-state index < -0.39 is 0 Å². The van der Waals surface area contributed by atoms with E-state index in [4.69, 9.17) is 4.98 Å². The normalized spacial score (nSPS) is 13.8. The molecule has 1 aliphatic carbocycles. The van der Waals surface area contributed by atoms with Crippen LogP contribution in [0.2, 0.25) is 0 Å². The van der Waals surface area contributed by atoms with Gasteiger partial charge < -0.3 is 0 Å². The van der Waals surface area contributed by atoms with Gasteiger partial charge in [-0.15, -0.1) is 0 Å². The molecule has 0 amide bonds. The molecular formula is C53H37N3. The molecule has 0 saturated carbocycles. The van der Waals surface area contributed by atoms with Crippen LogP contribution in [0.15, 0.2) is 194 Å². The van der Waals surface area contributed by atoms with Crippen molar-refractivity contribution in [2.24, 2.45) is 0 Å². The van der Waals surface area contributed by atoms with Crippen LogP contribution in [0.25, 0.3) is 89.9 Å². The fourth-order valence-electron chi connectivity index (χ4n) is 8.76. The van der Waals surface area contributed by atoms with Crippen LogP contribution in [-0.2, 0) is 0 Å². The number of nitrogens with zero attached hydrogens (tertiary/aromatic N) is 3. The quantitative estimate of drug-likeness (QED) is 0.168. The zero-order valence-corrected chi connectivity index (χ0v) is 30.8. The van der Waals surface area contributed by atoms with Gasteiger partial charge in [0.2, 0.25) is 0 Å². The Labute approximate surface area is 325 Å². The number of rotatable bonds is 6. The predicted octanol–water partition coefficient (Wildman–Crippen LogP) is 11.9. The second kappa shape index (κ2) is 13.3. The summed E-state index contributed by atoms with van der Waals surface area (Å²) in [5.74, 6) is 2.10. The first-order chi connectivity index (χ1) is 27.8. The maximum Gasteiger partial charge on any atom is 0.140 e. The number of benzene rings is 7. The molecule has 1 unspecified atom stereocenters. The van der Waals surface area contributed by atoms with Gasteiger partial charge in [-0.2, -0.15) is 0 Å². The average molecular weight is 716 g/mol. The van der Waals surface area contributed by atoms with E-state index in [0.717, 1.165) is 34.6 Å². The third-order valence-corrected chi connectivity index (χ3v) is 11.5. The van der Waals surface area contributed by atoms with E-state index in [9.17, 15) is 0 Å². The van der Waals surface area contributed by atoms with Crippen molar-refractivity contribution in [3.05, 3.63) is 210 Å². The van der Waals surface area contributed by atoms with E-state index in [-0.39, 0.29) is 0 Å². The van der Waals surface area contributed by atoms with Crippen LogP contribution in [0.4, 0.5) is 0 Å². The summed E-state index contributed by atoms with van der Waals surface area (Å²) >= 11 is 0. The lowest BCUT2D eigenvalue weighted by Gasteiger charge is -2.15. The number of hydrogen-bond acceptors (Lipinski definition) is 1. The standard InChI is InChI=1S/C53H37N3/c1-5-14-36(15-6-1)40-24-28-48-44(32-40)45-33-41(37-16-7-2-8-17-37)25-29-49(45)55(48)52-22-13-23-53(54-52)56-50-30-26-42(38-18-9-3-10-19-38)34-46(50)47-35-43(27-31-51(47)56)39-20-11-4-12-21-39/h1-26,28-35,43H,27H2. The third-order valence-electron chi connectivity index (χ3n) is 11.5. The van der Waals surface area contributed by atoms with Gasteiger partial charge in [0, 0.05) is 27.3 Å². The van der Waals surface area contributed by atoms with Gasteiger partial charge in [-0.3, -0.25) is 9.13 Å². The highest BCUT2D eigenvalue weighted by molar-refractivity contribution is 6.11. The van der Waals surface area contributed by atoms with Crippen LogP contribution in [0.5, 0.6) is 0 Å². The Morgan fingerprint density at radius 3 is 1.36 bits per heavy atom. The molecule has 56 heavy (non-hydrogen) atoms. The summed E-state index contributed by atoms with van der Waals surface area (Å²) in [6, 6.07) is 69.9. The van der Waals surface area contributed by atoms with Gasteiger partial charge in [-0.05, 0) is 93.9 Å². The van der Waals surface area contributed by atoms with Crippen molar-refractivity contribution in [3.63, 3.8) is 0 Å². The van der Waals surface area contributed by atoms with Crippen LogP contribution in [0.3, 0.4) is 0 Å². The Kier molecular flexibility index (Phi) is 7.63. The van der Waals surface area contributed by atoms with Gasteiger partial charge >= 0.3 is 0 Å². The number of hydrogen-bond donors (Lipinski definition) is 0. The van der Waals surface area contributed by atoms with Crippen LogP contribution >= 0.6 is 0 Å². The van der Waals surface area contributed by atoms with Crippen molar-refractivity contribution in [2.45, 2.75) is 12.3 Å². The highest BCUT2D eigenvalue weighted by Gasteiger charge is 2.20. The number of fused-ring (bicyclic) bond motifs is 6. The lowest BCUT2D eigenvalue weighted by molar-refractivity contribution is 0.898. The number of aromatic nitrogens is 3. The van der Waals surface area contributed by atoms with E-state index in [1.807, 2.05) is 0 Å². The Hall–Kier alpha value is -7.23. The summed E-state index contributed by atoms with van der Waals surface area (Å²) in [7, 11) is 0. The van der Waals surface area contributed by atoms with Gasteiger partial charge in [-0.1, -0.05) is 158 Å². The van der Waals surface area contributed by atoms with Gasteiger partial charge in [0.15, 0.2) is 0 Å². The Morgan fingerprint density at radius 2 is 0.839 bits per heavy atom. The maximum absolute atomic E-state index is 5.53. The summed E-state index contributed by atoms with van der Waals surface area (Å²) in [5.41, 5.74) is 12.0. The largest absolute Gasteiger partial charge is 0.294 e. The van der Waals surface area contributed by atoms with Gasteiger partial charge in [0.25, 0.3) is 0 Å². The Bertz CT molecular complexity index is 3100. The summed E-state index contributed by atoms with van der Waals surface area (Å²) in [4.78, 5) is 5.53. The smallest absolute Gasteiger partial charge is 0.140 e. The molecule has 0 spiro atoms. The molecule has 1 aliphatic rings. The van der Waals surface area contributed by atoms with Crippen molar-refractivity contribution in [2.75, 3.05) is 0 Å². The van der Waals surface area contributed by atoms with Crippen molar-refractivity contribution in [3.8, 4) is 45.0 Å². The fraction of sp³-hybridized carbons (Fsp3) is 0.0377. The van der Waals surface area contributed by atoms with Gasteiger partial charge in [-0.25, -0.2) is 4.98 Å². The minimum Gasteiger partial charge on any atom is -0.294 e. The summed E-state index contributed by atoms with van der Waals surface area (Å²) in [6.07, 6.45) is 5.82. The molecule has 3 heteroatoms. The second-order valence-corrected chi connectivity index (χ2v) is 14.7. The molecule has 0 saturated heterocycles. The van der Waals surface area contributed by atoms with E-state index >= 15 is 0 Å². The van der Waals surface area contributed by atoms with Gasteiger partial charge in [0.1, 0.15) is 11.6 Å². The predicted molar refractivity (Wildman–Crippen MR) is 234 cm³/mol. The Morgan fingerprint density at radius 1 is 0.393 bits per heavy atom. The van der Waals surface area contributed by atoms with Crippen molar-refractivity contribution < 1.29 is 0 Å². The average Bonchev–Trinajstić information content (AvgIpc) is 3.79. The number of pyridine rings is 1. The first-order valence-corrected chi connectivity index (χ1v) is 19.4. The summed E-state index contributed by atoms with van der Waals surface area (Å²) in [6.45, 7) is 0. The molecule has 3 heterocycles. The molecule has 7 aromatic carbocycles.